The molecule has 0 bridgehead atoms. The molecule has 1 N–H and O–H groups in total. The summed E-state index contributed by atoms with van der Waals surface area (Å²) < 4.78 is 5.83. The maximum Gasteiger partial charge on any atom is 0.232 e. The molecular formula is C17H25N3O2. The molecule has 0 atom stereocenters. The maximum atomic E-state index is 12.1. The fourth-order valence-electron chi connectivity index (χ4n) is 3.61. The summed E-state index contributed by atoms with van der Waals surface area (Å²) in [5, 5.41) is 3.21. The van der Waals surface area contributed by atoms with Gasteiger partial charge >= 0.3 is 0 Å². The molecule has 0 spiro atoms. The Hall–Kier alpha value is -1.65. The van der Waals surface area contributed by atoms with Gasteiger partial charge in [0.05, 0.1) is 6.20 Å². The Bertz CT molecular complexity index is 466. The summed E-state index contributed by atoms with van der Waals surface area (Å²) in [6, 6.07) is 0.315. The standard InChI is InChI=1S/C17H25N3O2/c21-16(11-13-3-1-2-4-13)20-14-5-7-15(8-6-14)22-17-12-18-9-10-19-17/h9-10,12-15H,1-8,11H2,(H,20,21). The first-order chi connectivity index (χ1) is 10.8. The van der Waals surface area contributed by atoms with Crippen molar-refractivity contribution in [2.24, 2.45) is 5.92 Å². The molecular weight excluding hydrogens is 278 g/mol. The summed E-state index contributed by atoms with van der Waals surface area (Å²) in [5.41, 5.74) is 0. The second-order valence-electron chi connectivity index (χ2n) is 6.56. The van der Waals surface area contributed by atoms with Crippen LogP contribution < -0.4 is 10.1 Å². The van der Waals surface area contributed by atoms with Crippen LogP contribution in [0.2, 0.25) is 0 Å². The molecule has 0 unspecified atom stereocenters. The number of carbonyl (C=O) groups is 1. The Morgan fingerprint density at radius 3 is 2.59 bits per heavy atom. The van der Waals surface area contributed by atoms with Crippen LogP contribution >= 0.6 is 0 Å². The molecule has 1 amide bonds. The number of amides is 1. The zero-order valence-corrected chi connectivity index (χ0v) is 13.0. The van der Waals surface area contributed by atoms with Crippen LogP contribution in [0.25, 0.3) is 0 Å². The Morgan fingerprint density at radius 2 is 1.91 bits per heavy atom. The van der Waals surface area contributed by atoms with Crippen molar-refractivity contribution in [2.75, 3.05) is 0 Å². The lowest BCUT2D eigenvalue weighted by atomic mass is 9.92. The van der Waals surface area contributed by atoms with Crippen molar-refractivity contribution in [1.82, 2.24) is 15.3 Å². The van der Waals surface area contributed by atoms with Crippen LogP contribution in [0.15, 0.2) is 18.6 Å². The van der Waals surface area contributed by atoms with Gasteiger partial charge in [-0.1, -0.05) is 12.8 Å². The molecule has 0 saturated heterocycles. The smallest absolute Gasteiger partial charge is 0.232 e. The molecule has 22 heavy (non-hydrogen) atoms. The Morgan fingerprint density at radius 1 is 1.14 bits per heavy atom. The van der Waals surface area contributed by atoms with Crippen molar-refractivity contribution in [3.8, 4) is 5.88 Å². The second-order valence-corrected chi connectivity index (χ2v) is 6.56. The average molecular weight is 303 g/mol. The SMILES string of the molecule is O=C(CC1CCCC1)NC1CCC(Oc2cnccn2)CC1. The fourth-order valence-corrected chi connectivity index (χ4v) is 3.61. The number of rotatable bonds is 5. The molecule has 2 aliphatic carbocycles. The monoisotopic (exact) mass is 303 g/mol. The molecule has 1 aromatic rings. The number of aromatic nitrogens is 2. The topological polar surface area (TPSA) is 64.1 Å². The highest BCUT2D eigenvalue weighted by Crippen LogP contribution is 2.28. The van der Waals surface area contributed by atoms with E-state index in [1.165, 1.54) is 25.7 Å². The Balaban J connectivity index is 1.37. The number of ether oxygens (including phenoxy) is 1. The number of hydrogen-bond acceptors (Lipinski definition) is 4. The van der Waals surface area contributed by atoms with Crippen LogP contribution in [0.5, 0.6) is 5.88 Å². The minimum absolute atomic E-state index is 0.194. The van der Waals surface area contributed by atoms with E-state index < -0.39 is 0 Å². The Kier molecular flexibility index (Phi) is 5.24. The van der Waals surface area contributed by atoms with Gasteiger partial charge in [-0.2, -0.15) is 0 Å². The van der Waals surface area contributed by atoms with Crippen LogP contribution in [-0.4, -0.2) is 28.0 Å². The molecule has 0 radical (unpaired) electrons. The van der Waals surface area contributed by atoms with E-state index >= 15 is 0 Å². The third-order valence-corrected chi connectivity index (χ3v) is 4.82. The summed E-state index contributed by atoms with van der Waals surface area (Å²) >= 11 is 0. The van der Waals surface area contributed by atoms with Crippen LogP contribution in [0.4, 0.5) is 0 Å². The van der Waals surface area contributed by atoms with Crippen LogP contribution in [0, 0.1) is 5.92 Å². The highest BCUT2D eigenvalue weighted by atomic mass is 16.5. The fraction of sp³-hybridized carbons (Fsp3) is 0.706. The highest BCUT2D eigenvalue weighted by molar-refractivity contribution is 5.76. The zero-order valence-electron chi connectivity index (χ0n) is 13.0. The number of carbonyl (C=O) groups excluding carboxylic acids is 1. The van der Waals surface area contributed by atoms with E-state index in [9.17, 15) is 4.79 Å². The van der Waals surface area contributed by atoms with E-state index in [4.69, 9.17) is 4.74 Å². The number of hydrogen-bond donors (Lipinski definition) is 1. The second kappa shape index (κ2) is 7.56. The molecule has 5 nitrogen and oxygen atoms in total. The van der Waals surface area contributed by atoms with Gasteiger partial charge in [0.25, 0.3) is 0 Å². The first-order valence-electron chi connectivity index (χ1n) is 8.51. The summed E-state index contributed by atoms with van der Waals surface area (Å²) in [6.07, 6.45) is 14.8. The molecule has 1 heterocycles. The van der Waals surface area contributed by atoms with Gasteiger partial charge in [-0.3, -0.25) is 9.78 Å². The predicted molar refractivity (Wildman–Crippen MR) is 83.4 cm³/mol. The van der Waals surface area contributed by atoms with Crippen molar-refractivity contribution in [1.29, 1.82) is 0 Å². The van der Waals surface area contributed by atoms with Gasteiger partial charge in [-0.15, -0.1) is 0 Å². The quantitative estimate of drug-likeness (QED) is 0.908. The summed E-state index contributed by atoms with van der Waals surface area (Å²) in [4.78, 5) is 20.2. The molecule has 3 rings (SSSR count). The summed E-state index contributed by atoms with van der Waals surface area (Å²) in [7, 11) is 0. The lowest BCUT2D eigenvalue weighted by Gasteiger charge is -2.29. The van der Waals surface area contributed by atoms with Crippen molar-refractivity contribution in [3.63, 3.8) is 0 Å². The molecule has 5 heteroatoms. The van der Waals surface area contributed by atoms with Gasteiger partial charge < -0.3 is 10.1 Å². The average Bonchev–Trinajstić information content (AvgIpc) is 3.03. The normalized spacial score (nSPS) is 25.8. The van der Waals surface area contributed by atoms with E-state index in [1.54, 1.807) is 18.6 Å². The van der Waals surface area contributed by atoms with Crippen LogP contribution in [-0.2, 0) is 4.79 Å². The van der Waals surface area contributed by atoms with Crippen molar-refractivity contribution < 1.29 is 9.53 Å². The minimum Gasteiger partial charge on any atom is -0.473 e. The molecule has 0 aromatic carbocycles. The van der Waals surface area contributed by atoms with Gasteiger partial charge in [0.15, 0.2) is 0 Å². The van der Waals surface area contributed by atoms with Crippen LogP contribution in [0.3, 0.4) is 0 Å². The third kappa shape index (κ3) is 4.42. The van der Waals surface area contributed by atoms with Gasteiger partial charge in [0.1, 0.15) is 6.10 Å². The van der Waals surface area contributed by atoms with Crippen molar-refractivity contribution in [2.45, 2.75) is 69.9 Å². The first-order valence-corrected chi connectivity index (χ1v) is 8.51. The zero-order chi connectivity index (χ0) is 15.2. The van der Waals surface area contributed by atoms with Crippen LogP contribution in [0.1, 0.15) is 57.8 Å². The van der Waals surface area contributed by atoms with Gasteiger partial charge in [-0.05, 0) is 44.4 Å². The largest absolute Gasteiger partial charge is 0.473 e. The van der Waals surface area contributed by atoms with Gasteiger partial charge in [0, 0.05) is 24.9 Å². The maximum absolute atomic E-state index is 12.1. The molecule has 2 aliphatic rings. The number of nitrogens with zero attached hydrogens (tertiary/aromatic N) is 2. The van der Waals surface area contributed by atoms with E-state index in [0.717, 1.165) is 32.1 Å². The third-order valence-electron chi connectivity index (χ3n) is 4.82. The molecule has 1 aromatic heterocycles. The van der Waals surface area contributed by atoms with Crippen molar-refractivity contribution >= 4 is 5.91 Å². The minimum atomic E-state index is 0.194. The van der Waals surface area contributed by atoms with E-state index in [1.807, 2.05) is 0 Å². The predicted octanol–water partition coefficient (Wildman–Crippen LogP) is 2.86. The summed E-state index contributed by atoms with van der Waals surface area (Å²) in [6.45, 7) is 0. The lowest BCUT2D eigenvalue weighted by molar-refractivity contribution is -0.123. The molecule has 2 saturated carbocycles. The molecule has 2 fully saturated rings. The number of nitrogens with one attached hydrogen (secondary N) is 1. The summed E-state index contributed by atoms with van der Waals surface area (Å²) in [5.74, 6) is 1.46. The van der Waals surface area contributed by atoms with Gasteiger partial charge in [-0.25, -0.2) is 4.98 Å². The van der Waals surface area contributed by atoms with Gasteiger partial charge in [0.2, 0.25) is 11.8 Å². The van der Waals surface area contributed by atoms with Crippen molar-refractivity contribution in [3.05, 3.63) is 18.6 Å². The van der Waals surface area contributed by atoms with E-state index in [2.05, 4.69) is 15.3 Å². The molecule has 0 aliphatic heterocycles. The van der Waals surface area contributed by atoms with E-state index in [-0.39, 0.29) is 12.0 Å². The highest BCUT2D eigenvalue weighted by Gasteiger charge is 2.25. The first kappa shape index (κ1) is 15.3. The van der Waals surface area contributed by atoms with E-state index in [0.29, 0.717) is 17.8 Å². The lowest BCUT2D eigenvalue weighted by Crippen LogP contribution is -2.40. The molecule has 120 valence electrons. The Labute approximate surface area is 131 Å².